The van der Waals surface area contributed by atoms with Crippen LogP contribution in [-0.4, -0.2) is 78.0 Å². The highest BCUT2D eigenvalue weighted by Crippen LogP contribution is 2.53. The Bertz CT molecular complexity index is 782. The molecule has 4 amide bonds. The predicted molar refractivity (Wildman–Crippen MR) is 101 cm³/mol. The first kappa shape index (κ1) is 28.2. The highest BCUT2D eigenvalue weighted by Gasteiger charge is 2.83. The molecule has 4 N–H and O–H groups in total. The van der Waals surface area contributed by atoms with Gasteiger partial charge in [0, 0.05) is 30.5 Å². The van der Waals surface area contributed by atoms with Crippen LogP contribution in [0.1, 0.15) is 25.7 Å². The summed E-state index contributed by atoms with van der Waals surface area (Å²) in [5.74, 6) is -23.4. The van der Waals surface area contributed by atoms with Crippen LogP contribution in [0.3, 0.4) is 0 Å². The van der Waals surface area contributed by atoms with Gasteiger partial charge >= 0.3 is 30.0 Å². The van der Waals surface area contributed by atoms with Crippen molar-refractivity contribution in [1.29, 1.82) is 0 Å². The summed E-state index contributed by atoms with van der Waals surface area (Å²) in [6, 6.07) is -0.188. The highest BCUT2D eigenvalue weighted by atomic mass is 32.2. The van der Waals surface area contributed by atoms with Crippen LogP contribution in [0, 0.1) is 0 Å². The number of carbonyl (C=O) groups is 3. The van der Waals surface area contributed by atoms with Crippen LogP contribution in [0.2, 0.25) is 0 Å². The summed E-state index contributed by atoms with van der Waals surface area (Å²) in [5.41, 5.74) is 0. The molecule has 196 valence electrons. The van der Waals surface area contributed by atoms with Crippen molar-refractivity contribution >= 4 is 29.6 Å². The maximum absolute atomic E-state index is 13.4. The van der Waals surface area contributed by atoms with E-state index in [1.807, 2.05) is 0 Å². The van der Waals surface area contributed by atoms with Gasteiger partial charge in [-0.2, -0.15) is 51.3 Å². The van der Waals surface area contributed by atoms with Crippen LogP contribution in [0.15, 0.2) is 0 Å². The van der Waals surface area contributed by atoms with Gasteiger partial charge in [-0.1, -0.05) is 6.42 Å². The van der Waals surface area contributed by atoms with Gasteiger partial charge < -0.3 is 21.3 Å². The third-order valence-corrected chi connectivity index (χ3v) is 6.75. The molecule has 34 heavy (non-hydrogen) atoms. The molecule has 2 heterocycles. The van der Waals surface area contributed by atoms with E-state index in [-0.39, 0.29) is 29.8 Å². The molecule has 0 saturated carbocycles. The van der Waals surface area contributed by atoms with Crippen molar-refractivity contribution in [3.05, 3.63) is 0 Å². The van der Waals surface area contributed by atoms with E-state index in [1.54, 1.807) is 11.8 Å². The summed E-state index contributed by atoms with van der Waals surface area (Å²) in [7, 11) is 0. The third-order valence-electron chi connectivity index (χ3n) is 5.24. The first-order valence-corrected chi connectivity index (χ1v) is 11.0. The first-order chi connectivity index (χ1) is 15.5. The van der Waals surface area contributed by atoms with E-state index in [1.165, 1.54) is 0 Å². The number of halogens is 9. The van der Waals surface area contributed by atoms with Gasteiger partial charge in [-0.3, -0.25) is 9.59 Å². The number of carbonyl (C=O) groups excluding carboxylic acids is 3. The SMILES string of the molecule is O=C(CCCCC1SCC2NC(=O)NC21)NCCNC(=O)C(F)(F)C(F)(F)C(F)(F)C(F)(F)F. The van der Waals surface area contributed by atoms with E-state index >= 15 is 0 Å². The lowest BCUT2D eigenvalue weighted by molar-refractivity contribution is -0.388. The highest BCUT2D eigenvalue weighted by molar-refractivity contribution is 8.00. The maximum Gasteiger partial charge on any atom is 0.460 e. The van der Waals surface area contributed by atoms with Crippen LogP contribution in [-0.2, 0) is 9.59 Å². The molecule has 0 radical (unpaired) electrons. The molecule has 3 atom stereocenters. The Morgan fingerprint density at radius 2 is 1.53 bits per heavy atom. The Balaban J connectivity index is 1.67. The minimum atomic E-state index is -7.16. The molecule has 0 aromatic carbocycles. The molecule has 2 aliphatic heterocycles. The normalized spacial score (nSPS) is 23.2. The van der Waals surface area contributed by atoms with Gasteiger partial charge in [0.25, 0.3) is 5.91 Å². The molecule has 2 rings (SSSR count). The lowest BCUT2D eigenvalue weighted by atomic mass is 10.0. The molecule has 0 spiro atoms. The first-order valence-electron chi connectivity index (χ1n) is 9.96. The number of unbranched alkanes of at least 4 members (excludes halogenated alkanes) is 1. The second kappa shape index (κ2) is 10.3. The standard InChI is InChI=1S/C17H21F9N4O3S/c18-14(19,15(20,21)16(22,23)17(24,25)26)12(32)28-6-5-27-10(31)4-2-1-3-9-11-8(7-34-9)29-13(33)30-11/h8-9,11H,1-7H2,(H,27,31)(H,28,32)(H2,29,30,33). The second-order valence-corrected chi connectivity index (χ2v) is 8.97. The number of hydrogen-bond donors (Lipinski definition) is 4. The van der Waals surface area contributed by atoms with E-state index in [2.05, 4.69) is 16.0 Å². The van der Waals surface area contributed by atoms with Crippen molar-refractivity contribution in [2.45, 2.75) is 67.0 Å². The fourth-order valence-corrected chi connectivity index (χ4v) is 4.91. The monoisotopic (exact) mass is 532 g/mol. The van der Waals surface area contributed by atoms with Crippen molar-refractivity contribution in [2.75, 3.05) is 18.8 Å². The fraction of sp³-hybridized carbons (Fsp3) is 0.824. The Hall–Kier alpha value is -2.07. The maximum atomic E-state index is 13.4. The quantitative estimate of drug-likeness (QED) is 0.187. The van der Waals surface area contributed by atoms with Gasteiger partial charge in [0.2, 0.25) is 5.91 Å². The number of urea groups is 1. The molecule has 7 nitrogen and oxygen atoms in total. The Morgan fingerprint density at radius 1 is 0.912 bits per heavy atom. The lowest BCUT2D eigenvalue weighted by Crippen LogP contribution is -2.65. The van der Waals surface area contributed by atoms with Crippen LogP contribution in [0.4, 0.5) is 44.3 Å². The summed E-state index contributed by atoms with van der Waals surface area (Å²) < 4.78 is 115. The minimum Gasteiger partial charge on any atom is -0.354 e. The Morgan fingerprint density at radius 3 is 2.15 bits per heavy atom. The molecule has 2 fully saturated rings. The molecule has 2 aliphatic rings. The number of fused-ring (bicyclic) bond motifs is 1. The second-order valence-electron chi connectivity index (χ2n) is 7.69. The predicted octanol–water partition coefficient (Wildman–Crippen LogP) is 2.41. The zero-order valence-electron chi connectivity index (χ0n) is 17.2. The van der Waals surface area contributed by atoms with E-state index in [0.29, 0.717) is 19.3 Å². The molecule has 17 heteroatoms. The van der Waals surface area contributed by atoms with Crippen molar-refractivity contribution in [3.8, 4) is 0 Å². The average Bonchev–Trinajstić information content (AvgIpc) is 3.26. The number of rotatable bonds is 11. The minimum absolute atomic E-state index is 0.00322. The number of nitrogens with one attached hydrogen (secondary N) is 4. The lowest BCUT2D eigenvalue weighted by Gasteiger charge is -2.32. The van der Waals surface area contributed by atoms with E-state index in [9.17, 15) is 53.9 Å². The Labute approximate surface area is 191 Å². The molecule has 0 bridgehead atoms. The van der Waals surface area contributed by atoms with E-state index in [0.717, 1.165) is 11.1 Å². The zero-order chi connectivity index (χ0) is 25.9. The van der Waals surface area contributed by atoms with Crippen LogP contribution in [0.5, 0.6) is 0 Å². The molecular formula is C17H21F9N4O3S. The van der Waals surface area contributed by atoms with Crippen LogP contribution >= 0.6 is 11.8 Å². The smallest absolute Gasteiger partial charge is 0.354 e. The average molecular weight is 532 g/mol. The topological polar surface area (TPSA) is 99.3 Å². The van der Waals surface area contributed by atoms with Gasteiger partial charge in [-0.25, -0.2) is 4.79 Å². The van der Waals surface area contributed by atoms with Gasteiger partial charge in [0.05, 0.1) is 12.1 Å². The fourth-order valence-electron chi connectivity index (χ4n) is 3.37. The zero-order valence-corrected chi connectivity index (χ0v) is 18.0. The van der Waals surface area contributed by atoms with Crippen molar-refractivity contribution in [3.63, 3.8) is 0 Å². The number of amides is 4. The van der Waals surface area contributed by atoms with Crippen LogP contribution in [0.25, 0.3) is 0 Å². The number of alkyl halides is 9. The summed E-state index contributed by atoms with van der Waals surface area (Å²) in [5, 5.41) is 9.04. The van der Waals surface area contributed by atoms with Crippen molar-refractivity contribution in [1.82, 2.24) is 21.3 Å². The van der Waals surface area contributed by atoms with Crippen LogP contribution < -0.4 is 21.3 Å². The molecule has 0 aliphatic carbocycles. The van der Waals surface area contributed by atoms with E-state index in [4.69, 9.17) is 0 Å². The van der Waals surface area contributed by atoms with Gasteiger partial charge in [-0.05, 0) is 12.8 Å². The number of hydrogen-bond acceptors (Lipinski definition) is 4. The molecule has 0 aromatic heterocycles. The largest absolute Gasteiger partial charge is 0.460 e. The number of thioether (sulfide) groups is 1. The van der Waals surface area contributed by atoms with Crippen molar-refractivity contribution in [2.24, 2.45) is 0 Å². The van der Waals surface area contributed by atoms with E-state index < -0.39 is 48.8 Å². The third kappa shape index (κ3) is 5.76. The molecule has 3 unspecified atom stereocenters. The van der Waals surface area contributed by atoms with Gasteiger partial charge in [0.1, 0.15) is 0 Å². The Kier molecular flexibility index (Phi) is 8.51. The summed E-state index contributed by atoms with van der Waals surface area (Å²) in [6.45, 7) is -1.47. The summed E-state index contributed by atoms with van der Waals surface area (Å²) >= 11 is 1.68. The van der Waals surface area contributed by atoms with Crippen molar-refractivity contribution < 1.29 is 53.9 Å². The molecule has 0 aromatic rings. The molecular weight excluding hydrogens is 511 g/mol. The van der Waals surface area contributed by atoms with Gasteiger partial charge in [-0.15, -0.1) is 0 Å². The summed E-state index contributed by atoms with van der Waals surface area (Å²) in [4.78, 5) is 34.2. The summed E-state index contributed by atoms with van der Waals surface area (Å²) in [6.07, 6.45) is -5.27. The van der Waals surface area contributed by atoms with Gasteiger partial charge in [0.15, 0.2) is 0 Å². The molecule has 2 saturated heterocycles.